The first kappa shape index (κ1) is 19.1. The maximum Gasteiger partial charge on any atom is 0.313 e. The molecule has 0 spiro atoms. The highest BCUT2D eigenvalue weighted by atomic mass is 16.5. The Hall–Kier alpha value is -2.85. The molecule has 1 aromatic heterocycles. The Bertz CT molecular complexity index is 1130. The number of para-hydroxylation sites is 1. The third-order valence-electron chi connectivity index (χ3n) is 7.06. The van der Waals surface area contributed by atoms with E-state index in [1.54, 1.807) is 0 Å². The molecule has 2 bridgehead atoms. The van der Waals surface area contributed by atoms with E-state index in [9.17, 15) is 4.79 Å². The van der Waals surface area contributed by atoms with Crippen LogP contribution in [0.15, 0.2) is 66.2 Å². The van der Waals surface area contributed by atoms with E-state index >= 15 is 0 Å². The highest BCUT2D eigenvalue weighted by molar-refractivity contribution is 5.93. The second kappa shape index (κ2) is 7.44. The summed E-state index contributed by atoms with van der Waals surface area (Å²) in [6, 6.07) is 19.4. The summed E-state index contributed by atoms with van der Waals surface area (Å²) in [4.78, 5) is 15.6. The van der Waals surface area contributed by atoms with Crippen molar-refractivity contribution in [1.29, 1.82) is 0 Å². The van der Waals surface area contributed by atoms with Crippen LogP contribution >= 0.6 is 0 Å². The second-order valence-electron chi connectivity index (χ2n) is 8.49. The van der Waals surface area contributed by atoms with Crippen molar-refractivity contribution in [2.75, 3.05) is 13.7 Å². The van der Waals surface area contributed by atoms with Gasteiger partial charge in [0.1, 0.15) is 0 Å². The van der Waals surface area contributed by atoms with Gasteiger partial charge in [0.15, 0.2) is 0 Å². The molecular formula is C26H28N2O2. The molecule has 0 unspecified atom stereocenters. The number of allylic oxidation sites excluding steroid dienone is 1. The first-order valence-electron chi connectivity index (χ1n) is 10.7. The lowest BCUT2D eigenvalue weighted by Gasteiger charge is -2.47. The SMILES string of the molecule is C/C=C1/CN(Cc2ccccc2)[C@H]2C[C@@H]1[C@H](C(=O)OC)c1c2n(C)c2ccccc12. The molecule has 0 N–H and O–H groups in total. The number of likely N-dealkylation sites (tertiary alicyclic amines) is 1. The van der Waals surface area contributed by atoms with Crippen LogP contribution in [0.4, 0.5) is 0 Å². The maximum absolute atomic E-state index is 13.0. The molecule has 0 radical (unpaired) electrons. The maximum atomic E-state index is 13.0. The molecule has 1 fully saturated rings. The summed E-state index contributed by atoms with van der Waals surface area (Å²) in [5.74, 6) is -0.165. The largest absolute Gasteiger partial charge is 0.469 e. The van der Waals surface area contributed by atoms with Crippen LogP contribution in [-0.4, -0.2) is 29.1 Å². The summed E-state index contributed by atoms with van der Waals surface area (Å²) in [7, 11) is 3.65. The summed E-state index contributed by atoms with van der Waals surface area (Å²) >= 11 is 0. The number of ether oxygens (including phenoxy) is 1. The third kappa shape index (κ3) is 2.82. The van der Waals surface area contributed by atoms with Crippen LogP contribution in [-0.2, 0) is 23.1 Å². The van der Waals surface area contributed by atoms with Crippen molar-refractivity contribution in [3.05, 3.63) is 83.1 Å². The molecule has 154 valence electrons. The summed E-state index contributed by atoms with van der Waals surface area (Å²) < 4.78 is 7.63. The molecule has 1 saturated heterocycles. The highest BCUT2D eigenvalue weighted by Gasteiger charge is 2.48. The van der Waals surface area contributed by atoms with Crippen LogP contribution < -0.4 is 0 Å². The lowest BCUT2D eigenvalue weighted by molar-refractivity contribution is -0.144. The molecule has 30 heavy (non-hydrogen) atoms. The Morgan fingerprint density at radius 1 is 1.13 bits per heavy atom. The van der Waals surface area contributed by atoms with Gasteiger partial charge in [0, 0.05) is 42.7 Å². The van der Waals surface area contributed by atoms with Crippen molar-refractivity contribution in [3.8, 4) is 0 Å². The standard InChI is InChI=1S/C26H28N2O2/c1-4-18-16-28(15-17-10-6-5-7-11-17)22-14-20(18)24(26(29)30-3)23-19-12-8-9-13-21(19)27(2)25(22)23/h4-13,20,22,24H,14-16H2,1-3H3/b18-4-/t20-,22-,24-/m0/s1. The molecule has 1 aliphatic carbocycles. The number of benzene rings is 2. The van der Waals surface area contributed by atoms with Gasteiger partial charge in [-0.3, -0.25) is 9.69 Å². The second-order valence-corrected chi connectivity index (χ2v) is 8.49. The molecule has 4 nitrogen and oxygen atoms in total. The first-order valence-corrected chi connectivity index (χ1v) is 10.7. The predicted molar refractivity (Wildman–Crippen MR) is 119 cm³/mol. The van der Waals surface area contributed by atoms with E-state index in [4.69, 9.17) is 4.74 Å². The van der Waals surface area contributed by atoms with E-state index in [1.807, 2.05) is 0 Å². The van der Waals surface area contributed by atoms with Crippen LogP contribution in [0.2, 0.25) is 0 Å². The van der Waals surface area contributed by atoms with E-state index in [1.165, 1.54) is 40.4 Å². The average Bonchev–Trinajstić information content (AvgIpc) is 3.08. The van der Waals surface area contributed by atoms with Crippen LogP contribution in [0.1, 0.15) is 42.1 Å². The van der Waals surface area contributed by atoms with Crippen molar-refractivity contribution in [2.45, 2.75) is 31.8 Å². The van der Waals surface area contributed by atoms with Crippen molar-refractivity contribution >= 4 is 16.9 Å². The Balaban J connectivity index is 1.71. The monoisotopic (exact) mass is 400 g/mol. The Labute approximate surface area is 177 Å². The van der Waals surface area contributed by atoms with Gasteiger partial charge in [-0.25, -0.2) is 0 Å². The summed E-state index contributed by atoms with van der Waals surface area (Å²) in [5, 5.41) is 1.18. The minimum absolute atomic E-state index is 0.119. The van der Waals surface area contributed by atoms with Crippen LogP contribution in [0.25, 0.3) is 10.9 Å². The molecule has 1 aliphatic heterocycles. The van der Waals surface area contributed by atoms with Gasteiger partial charge >= 0.3 is 5.97 Å². The normalized spacial score (nSPS) is 24.8. The Kier molecular flexibility index (Phi) is 4.75. The quantitative estimate of drug-likeness (QED) is 0.460. The van der Waals surface area contributed by atoms with Crippen LogP contribution in [0.5, 0.6) is 0 Å². The smallest absolute Gasteiger partial charge is 0.313 e. The van der Waals surface area contributed by atoms with Gasteiger partial charge in [-0.1, -0.05) is 60.2 Å². The van der Waals surface area contributed by atoms with Crippen molar-refractivity contribution in [2.24, 2.45) is 13.0 Å². The minimum Gasteiger partial charge on any atom is -0.469 e. The molecule has 4 heteroatoms. The summed E-state index contributed by atoms with van der Waals surface area (Å²) in [6.45, 7) is 3.89. The van der Waals surface area contributed by atoms with Gasteiger partial charge in [0.25, 0.3) is 0 Å². The van der Waals surface area contributed by atoms with Crippen LogP contribution in [0.3, 0.4) is 0 Å². The number of hydrogen-bond acceptors (Lipinski definition) is 3. The summed E-state index contributed by atoms with van der Waals surface area (Å²) in [5.41, 5.74) is 6.29. The number of nitrogens with zero attached hydrogens (tertiary/aromatic N) is 2. The fraction of sp³-hybridized carbons (Fsp3) is 0.346. The van der Waals surface area contributed by atoms with Gasteiger partial charge in [-0.05, 0) is 30.5 Å². The zero-order chi connectivity index (χ0) is 20.8. The molecule has 5 rings (SSSR count). The Morgan fingerprint density at radius 2 is 1.87 bits per heavy atom. The number of hydrogen-bond donors (Lipinski definition) is 0. The lowest BCUT2D eigenvalue weighted by Crippen LogP contribution is -2.45. The fourth-order valence-corrected chi connectivity index (χ4v) is 5.71. The first-order chi connectivity index (χ1) is 14.6. The number of esters is 1. The van der Waals surface area contributed by atoms with E-state index in [-0.39, 0.29) is 23.8 Å². The molecule has 0 amide bonds. The molecule has 2 aliphatic rings. The summed E-state index contributed by atoms with van der Waals surface area (Å²) in [6.07, 6.45) is 3.16. The molecular weight excluding hydrogens is 372 g/mol. The van der Waals surface area contributed by atoms with Crippen molar-refractivity contribution < 1.29 is 9.53 Å². The molecule has 3 atom stereocenters. The third-order valence-corrected chi connectivity index (χ3v) is 7.06. The number of carbonyl (C=O) groups is 1. The van der Waals surface area contributed by atoms with Crippen LogP contribution in [0, 0.1) is 5.92 Å². The average molecular weight is 401 g/mol. The number of aromatic nitrogens is 1. The van der Waals surface area contributed by atoms with E-state index in [0.717, 1.165) is 19.5 Å². The fourth-order valence-electron chi connectivity index (χ4n) is 5.71. The number of fused-ring (bicyclic) bond motifs is 6. The van der Waals surface area contributed by atoms with E-state index in [0.29, 0.717) is 0 Å². The Morgan fingerprint density at radius 3 is 2.60 bits per heavy atom. The number of carbonyl (C=O) groups excluding carboxylic acids is 1. The minimum atomic E-state index is -0.238. The van der Waals surface area contributed by atoms with E-state index in [2.05, 4.69) is 84.1 Å². The lowest BCUT2D eigenvalue weighted by atomic mass is 9.68. The number of aryl methyl sites for hydroxylation is 1. The van der Waals surface area contributed by atoms with Gasteiger partial charge in [0.2, 0.25) is 0 Å². The van der Waals surface area contributed by atoms with Crippen molar-refractivity contribution in [1.82, 2.24) is 9.47 Å². The predicted octanol–water partition coefficient (Wildman–Crippen LogP) is 4.96. The highest BCUT2D eigenvalue weighted by Crippen LogP contribution is 2.53. The molecule has 3 aromatic rings. The van der Waals surface area contributed by atoms with Gasteiger partial charge in [-0.15, -0.1) is 0 Å². The zero-order valence-electron chi connectivity index (χ0n) is 17.8. The number of piperidine rings is 1. The topological polar surface area (TPSA) is 34.5 Å². The van der Waals surface area contributed by atoms with E-state index < -0.39 is 0 Å². The number of methoxy groups -OCH3 is 1. The van der Waals surface area contributed by atoms with Gasteiger partial charge in [0.05, 0.1) is 19.1 Å². The van der Waals surface area contributed by atoms with Gasteiger partial charge < -0.3 is 9.30 Å². The van der Waals surface area contributed by atoms with Gasteiger partial charge in [-0.2, -0.15) is 0 Å². The molecule has 2 heterocycles. The number of rotatable bonds is 3. The zero-order valence-corrected chi connectivity index (χ0v) is 17.8. The molecule has 2 aromatic carbocycles. The van der Waals surface area contributed by atoms with Crippen molar-refractivity contribution in [3.63, 3.8) is 0 Å². The molecule has 0 saturated carbocycles.